The summed E-state index contributed by atoms with van der Waals surface area (Å²) in [7, 11) is 2.58. The molecule has 5 rings (SSSR count). The third-order valence-electron chi connectivity index (χ3n) is 9.25. The van der Waals surface area contributed by atoms with Gasteiger partial charge in [-0.3, -0.25) is 19.2 Å². The predicted molar refractivity (Wildman–Crippen MR) is 115 cm³/mol. The Morgan fingerprint density at radius 1 is 1.09 bits per heavy atom. The van der Waals surface area contributed by atoms with Crippen LogP contribution in [0.1, 0.15) is 46.5 Å². The van der Waals surface area contributed by atoms with Gasteiger partial charge in [0, 0.05) is 31.6 Å². The summed E-state index contributed by atoms with van der Waals surface area (Å²) in [5, 5.41) is 0. The first-order valence-electron chi connectivity index (χ1n) is 11.5. The molecule has 0 amide bonds. The van der Waals surface area contributed by atoms with Crippen molar-refractivity contribution >= 4 is 23.9 Å². The second-order valence-corrected chi connectivity index (χ2v) is 10.6. The van der Waals surface area contributed by atoms with Crippen LogP contribution >= 0.6 is 0 Å². The zero-order valence-electron chi connectivity index (χ0n) is 20.1. The molecule has 0 radical (unpaired) electrons. The zero-order valence-corrected chi connectivity index (χ0v) is 20.1. The van der Waals surface area contributed by atoms with E-state index in [0.717, 1.165) is 5.57 Å². The van der Waals surface area contributed by atoms with Crippen molar-refractivity contribution < 1.29 is 42.9 Å². The highest BCUT2D eigenvalue weighted by molar-refractivity contribution is 5.85. The van der Waals surface area contributed by atoms with Crippen LogP contribution < -0.4 is 0 Å². The number of hydrogen-bond acceptors (Lipinski definition) is 9. The Hall–Kier alpha value is -2.68. The molecule has 34 heavy (non-hydrogen) atoms. The van der Waals surface area contributed by atoms with Crippen LogP contribution in [0.25, 0.3) is 0 Å². The number of esters is 4. The first kappa shape index (κ1) is 23.1. The molecule has 0 N–H and O–H groups in total. The number of ether oxygens (including phenoxy) is 5. The second kappa shape index (κ2) is 6.71. The minimum atomic E-state index is -1.42. The minimum Gasteiger partial charge on any atom is -0.469 e. The fraction of sp³-hybridized carbons (Fsp3) is 0.680. The van der Waals surface area contributed by atoms with Crippen molar-refractivity contribution in [3.8, 4) is 0 Å². The number of rotatable bonds is 4. The molecule has 9 heteroatoms. The third-order valence-corrected chi connectivity index (χ3v) is 9.25. The van der Waals surface area contributed by atoms with Gasteiger partial charge in [-0.15, -0.1) is 0 Å². The number of fused-ring (bicyclic) bond motifs is 1. The van der Waals surface area contributed by atoms with Gasteiger partial charge in [0.1, 0.15) is 28.3 Å². The standard InChI is InChI=1S/C25H30O9/c1-13-11-22-12-23(13,33-15(3)27)9-10-25(22)24(34-25)8-7-16(32-14(2)26)21(4,20(29)31-6)18(24)17(22)19(28)30-5/h7-8,16-18H,1,9-12H2,2-6H3/t16-,17+,18+,21+,22+,23-,24-,25+/m0/s1. The summed E-state index contributed by atoms with van der Waals surface area (Å²) in [5.41, 5.74) is -4.10. The second-order valence-electron chi connectivity index (χ2n) is 10.6. The number of epoxide rings is 1. The summed E-state index contributed by atoms with van der Waals surface area (Å²) in [6, 6.07) is 0. The van der Waals surface area contributed by atoms with E-state index in [1.807, 2.05) is 6.08 Å². The Morgan fingerprint density at radius 3 is 2.38 bits per heavy atom. The molecule has 0 aromatic heterocycles. The molecular formula is C25H30O9. The van der Waals surface area contributed by atoms with Crippen molar-refractivity contribution in [2.24, 2.45) is 22.7 Å². The van der Waals surface area contributed by atoms with Crippen LogP contribution in [0.2, 0.25) is 0 Å². The van der Waals surface area contributed by atoms with E-state index in [4.69, 9.17) is 23.7 Å². The van der Waals surface area contributed by atoms with Crippen molar-refractivity contribution in [1.29, 1.82) is 0 Å². The SMILES string of the molecule is C=C1C[C@]23C[C@@]1(OC(C)=O)CC[C@@]21O[C@]12C=C[C@H](OC(C)=O)[C@@](C)(C(=O)OC)[C@H]2[C@@H]3C(=O)OC. The molecule has 8 atom stereocenters. The molecule has 4 fully saturated rings. The van der Waals surface area contributed by atoms with Crippen LogP contribution in [0.4, 0.5) is 0 Å². The van der Waals surface area contributed by atoms with Gasteiger partial charge < -0.3 is 23.7 Å². The van der Waals surface area contributed by atoms with Crippen LogP contribution in [0.3, 0.4) is 0 Å². The summed E-state index contributed by atoms with van der Waals surface area (Å²) < 4.78 is 28.5. The van der Waals surface area contributed by atoms with Crippen LogP contribution in [0, 0.1) is 22.7 Å². The molecule has 3 spiro atoms. The Kier molecular flexibility index (Phi) is 4.56. The Morgan fingerprint density at radius 2 is 1.79 bits per heavy atom. The summed E-state index contributed by atoms with van der Waals surface area (Å²) in [4.78, 5) is 50.9. The number of methoxy groups -OCH3 is 2. The summed E-state index contributed by atoms with van der Waals surface area (Å²) >= 11 is 0. The lowest BCUT2D eigenvalue weighted by molar-refractivity contribution is -0.187. The maximum absolute atomic E-state index is 13.5. The monoisotopic (exact) mass is 474 g/mol. The molecule has 184 valence electrons. The molecule has 3 saturated carbocycles. The quantitative estimate of drug-likeness (QED) is 0.261. The maximum Gasteiger partial charge on any atom is 0.316 e. The largest absolute Gasteiger partial charge is 0.469 e. The molecular weight excluding hydrogens is 444 g/mol. The fourth-order valence-corrected chi connectivity index (χ4v) is 8.17. The lowest BCUT2D eigenvalue weighted by Gasteiger charge is -2.48. The third kappa shape index (κ3) is 2.34. The van der Waals surface area contributed by atoms with Gasteiger partial charge >= 0.3 is 23.9 Å². The Bertz CT molecular complexity index is 1060. The predicted octanol–water partition coefficient (Wildman–Crippen LogP) is 2.03. The van der Waals surface area contributed by atoms with Gasteiger partial charge in [0.15, 0.2) is 0 Å². The molecule has 1 saturated heterocycles. The molecule has 9 nitrogen and oxygen atoms in total. The van der Waals surface area contributed by atoms with Gasteiger partial charge in [0.05, 0.1) is 20.1 Å². The van der Waals surface area contributed by atoms with E-state index in [-0.39, 0.29) is 0 Å². The lowest BCUT2D eigenvalue weighted by atomic mass is 9.59. The van der Waals surface area contributed by atoms with E-state index >= 15 is 0 Å². The topological polar surface area (TPSA) is 118 Å². The van der Waals surface area contributed by atoms with E-state index in [2.05, 4.69) is 6.58 Å². The van der Waals surface area contributed by atoms with E-state index in [1.54, 1.807) is 13.0 Å². The lowest BCUT2D eigenvalue weighted by Crippen LogP contribution is -2.58. The fourth-order valence-electron chi connectivity index (χ4n) is 8.17. The highest BCUT2D eigenvalue weighted by Gasteiger charge is 2.95. The van der Waals surface area contributed by atoms with E-state index < -0.39 is 69.5 Å². The Balaban J connectivity index is 1.72. The molecule has 0 aromatic rings. The summed E-state index contributed by atoms with van der Waals surface area (Å²) in [6.07, 6.45) is 4.33. The minimum absolute atomic E-state index is 0.347. The van der Waals surface area contributed by atoms with Crippen molar-refractivity contribution in [3.63, 3.8) is 0 Å². The van der Waals surface area contributed by atoms with E-state index in [0.29, 0.717) is 25.7 Å². The van der Waals surface area contributed by atoms with Gasteiger partial charge in [0.25, 0.3) is 0 Å². The summed E-state index contributed by atoms with van der Waals surface area (Å²) in [5.74, 6) is -3.59. The van der Waals surface area contributed by atoms with Crippen molar-refractivity contribution in [1.82, 2.24) is 0 Å². The first-order valence-corrected chi connectivity index (χ1v) is 11.5. The van der Waals surface area contributed by atoms with E-state index in [1.165, 1.54) is 28.1 Å². The molecule has 1 aliphatic heterocycles. The van der Waals surface area contributed by atoms with Crippen molar-refractivity contribution in [3.05, 3.63) is 24.3 Å². The van der Waals surface area contributed by atoms with Crippen molar-refractivity contribution in [2.45, 2.75) is 69.4 Å². The first-order chi connectivity index (χ1) is 15.9. The van der Waals surface area contributed by atoms with Crippen LogP contribution in [0.5, 0.6) is 0 Å². The smallest absolute Gasteiger partial charge is 0.316 e. The molecule has 1 heterocycles. The van der Waals surface area contributed by atoms with Gasteiger partial charge in [-0.2, -0.15) is 0 Å². The maximum atomic E-state index is 13.5. The molecule has 0 unspecified atom stereocenters. The normalized spacial score (nSPS) is 47.1. The van der Waals surface area contributed by atoms with Crippen LogP contribution in [-0.2, 0) is 42.9 Å². The highest BCUT2D eigenvalue weighted by Crippen LogP contribution is 2.86. The highest BCUT2D eigenvalue weighted by atomic mass is 16.6. The zero-order chi connectivity index (χ0) is 24.9. The molecule has 5 aliphatic rings. The number of carbonyl (C=O) groups excluding carboxylic acids is 4. The van der Waals surface area contributed by atoms with Gasteiger partial charge in [-0.25, -0.2) is 0 Å². The van der Waals surface area contributed by atoms with Crippen LogP contribution in [-0.4, -0.2) is 61.0 Å². The number of carbonyl (C=O) groups is 4. The van der Waals surface area contributed by atoms with Gasteiger partial charge in [0.2, 0.25) is 0 Å². The molecule has 4 aliphatic carbocycles. The van der Waals surface area contributed by atoms with Gasteiger partial charge in [-0.1, -0.05) is 6.58 Å². The van der Waals surface area contributed by atoms with E-state index in [9.17, 15) is 19.2 Å². The summed E-state index contributed by atoms with van der Waals surface area (Å²) in [6.45, 7) is 8.53. The van der Waals surface area contributed by atoms with Crippen molar-refractivity contribution in [2.75, 3.05) is 14.2 Å². The number of hydrogen-bond donors (Lipinski definition) is 0. The van der Waals surface area contributed by atoms with Crippen LogP contribution in [0.15, 0.2) is 24.3 Å². The molecule has 2 bridgehead atoms. The average Bonchev–Trinajstić information content (AvgIpc) is 3.28. The van der Waals surface area contributed by atoms with Gasteiger partial charge in [-0.05, 0) is 43.9 Å². The average molecular weight is 475 g/mol. The molecule has 0 aromatic carbocycles. The Labute approximate surface area is 197 Å².